The molecule has 2 aromatic carbocycles. The van der Waals surface area contributed by atoms with E-state index in [2.05, 4.69) is 20.9 Å². The Kier molecular flexibility index (Phi) is 3.61. The van der Waals surface area contributed by atoms with Crippen LogP contribution >= 0.6 is 15.9 Å². The molecule has 0 bridgehead atoms. The third-order valence-corrected chi connectivity index (χ3v) is 3.96. The summed E-state index contributed by atoms with van der Waals surface area (Å²) in [6.07, 6.45) is 0. The summed E-state index contributed by atoms with van der Waals surface area (Å²) in [4.78, 5) is 17.5. The predicted molar refractivity (Wildman–Crippen MR) is 87.6 cm³/mol. The van der Waals surface area contributed by atoms with Crippen molar-refractivity contribution < 1.29 is 0 Å². The summed E-state index contributed by atoms with van der Waals surface area (Å²) in [5, 5.41) is 0.561. The van der Waals surface area contributed by atoms with Crippen LogP contribution in [0.1, 0.15) is 18.8 Å². The van der Waals surface area contributed by atoms with E-state index in [-0.39, 0.29) is 11.6 Å². The Labute approximate surface area is 130 Å². The minimum Gasteiger partial charge on any atom is -0.322 e. The fraction of sp³-hybridized carbons (Fsp3) is 0.125. The van der Waals surface area contributed by atoms with Crippen LogP contribution in [0.15, 0.2) is 57.8 Å². The van der Waals surface area contributed by atoms with Crippen LogP contribution in [0.3, 0.4) is 0 Å². The largest absolute Gasteiger partial charge is 0.322 e. The SMILES string of the molecule is CC(N)c1nc2cccc(Br)c2c(=O)n1-c1ccccc1. The first kappa shape index (κ1) is 14.0. The maximum Gasteiger partial charge on any atom is 0.267 e. The Morgan fingerprint density at radius 1 is 1.14 bits per heavy atom. The Balaban J connectivity index is 2.47. The number of hydrogen-bond acceptors (Lipinski definition) is 3. The standard InChI is InChI=1S/C16H14BrN3O/c1-10(18)15-19-13-9-5-8-12(17)14(13)16(21)20(15)11-6-3-2-4-7-11/h2-10H,18H2,1H3. The molecule has 0 amide bonds. The number of fused-ring (bicyclic) bond motifs is 1. The summed E-state index contributed by atoms with van der Waals surface area (Å²) in [6, 6.07) is 14.6. The van der Waals surface area contributed by atoms with Crippen LogP contribution in [0.4, 0.5) is 0 Å². The van der Waals surface area contributed by atoms with E-state index in [0.29, 0.717) is 16.7 Å². The minimum absolute atomic E-state index is 0.119. The first-order valence-electron chi connectivity index (χ1n) is 6.62. The van der Waals surface area contributed by atoms with Crippen LogP contribution in [0.25, 0.3) is 16.6 Å². The van der Waals surface area contributed by atoms with Crippen molar-refractivity contribution in [2.24, 2.45) is 5.73 Å². The van der Waals surface area contributed by atoms with Crippen molar-refractivity contribution in [3.05, 3.63) is 69.2 Å². The molecule has 1 atom stereocenters. The molecule has 21 heavy (non-hydrogen) atoms. The highest BCUT2D eigenvalue weighted by atomic mass is 79.9. The summed E-state index contributed by atoms with van der Waals surface area (Å²) < 4.78 is 2.32. The van der Waals surface area contributed by atoms with E-state index in [1.54, 1.807) is 4.57 Å². The molecule has 1 aromatic heterocycles. The van der Waals surface area contributed by atoms with Gasteiger partial charge >= 0.3 is 0 Å². The molecule has 3 aromatic rings. The lowest BCUT2D eigenvalue weighted by molar-refractivity contribution is 0.696. The van der Waals surface area contributed by atoms with Gasteiger partial charge in [0.05, 0.1) is 22.6 Å². The number of nitrogens with two attached hydrogens (primary N) is 1. The molecule has 0 fully saturated rings. The summed E-state index contributed by atoms with van der Waals surface area (Å²) >= 11 is 3.43. The van der Waals surface area contributed by atoms with Crippen molar-refractivity contribution in [2.45, 2.75) is 13.0 Å². The number of halogens is 1. The van der Waals surface area contributed by atoms with Crippen molar-refractivity contribution in [3.63, 3.8) is 0 Å². The van der Waals surface area contributed by atoms with Gasteiger partial charge in [-0.25, -0.2) is 4.98 Å². The Bertz CT molecular complexity index is 857. The molecule has 0 saturated carbocycles. The number of nitrogens with zero attached hydrogens (tertiary/aromatic N) is 2. The molecule has 0 spiro atoms. The van der Waals surface area contributed by atoms with E-state index in [9.17, 15) is 4.79 Å². The molecule has 0 saturated heterocycles. The minimum atomic E-state index is -0.346. The van der Waals surface area contributed by atoms with Crippen LogP contribution in [0, 0.1) is 0 Å². The van der Waals surface area contributed by atoms with Gasteiger partial charge in [-0.2, -0.15) is 0 Å². The number of hydrogen-bond donors (Lipinski definition) is 1. The van der Waals surface area contributed by atoms with Crippen LogP contribution in [0.5, 0.6) is 0 Å². The zero-order chi connectivity index (χ0) is 15.0. The molecule has 4 nitrogen and oxygen atoms in total. The predicted octanol–water partition coefficient (Wildman–Crippen LogP) is 3.17. The van der Waals surface area contributed by atoms with Gasteiger partial charge in [0.1, 0.15) is 5.82 Å². The van der Waals surface area contributed by atoms with Gasteiger partial charge in [0.25, 0.3) is 5.56 Å². The van der Waals surface area contributed by atoms with E-state index in [0.717, 1.165) is 10.2 Å². The highest BCUT2D eigenvalue weighted by molar-refractivity contribution is 9.10. The zero-order valence-electron chi connectivity index (χ0n) is 11.5. The Morgan fingerprint density at radius 3 is 2.52 bits per heavy atom. The molecular weight excluding hydrogens is 330 g/mol. The molecule has 3 rings (SSSR count). The van der Waals surface area contributed by atoms with Gasteiger partial charge in [0, 0.05) is 4.47 Å². The molecule has 106 valence electrons. The smallest absolute Gasteiger partial charge is 0.267 e. The van der Waals surface area contributed by atoms with Gasteiger partial charge in [-0.15, -0.1) is 0 Å². The van der Waals surface area contributed by atoms with Crippen molar-refractivity contribution in [1.29, 1.82) is 0 Å². The van der Waals surface area contributed by atoms with Crippen LogP contribution in [-0.2, 0) is 0 Å². The second kappa shape index (κ2) is 5.42. The highest BCUT2D eigenvalue weighted by Gasteiger charge is 2.16. The molecule has 0 aliphatic carbocycles. The monoisotopic (exact) mass is 343 g/mol. The number of benzene rings is 2. The third kappa shape index (κ3) is 2.39. The average Bonchev–Trinajstić information content (AvgIpc) is 2.47. The summed E-state index contributed by atoms with van der Waals surface area (Å²) in [5.74, 6) is 0.553. The quantitative estimate of drug-likeness (QED) is 0.777. The fourth-order valence-corrected chi connectivity index (χ4v) is 2.86. The lowest BCUT2D eigenvalue weighted by atomic mass is 10.2. The van der Waals surface area contributed by atoms with Crippen LogP contribution in [0.2, 0.25) is 0 Å². The van der Waals surface area contributed by atoms with Crippen LogP contribution < -0.4 is 11.3 Å². The first-order valence-corrected chi connectivity index (χ1v) is 7.41. The molecule has 1 unspecified atom stereocenters. The summed E-state index contributed by atoms with van der Waals surface area (Å²) in [7, 11) is 0. The summed E-state index contributed by atoms with van der Waals surface area (Å²) in [6.45, 7) is 1.82. The van der Waals surface area contributed by atoms with Crippen molar-refractivity contribution >= 4 is 26.8 Å². The second-order valence-electron chi connectivity index (χ2n) is 4.87. The van der Waals surface area contributed by atoms with E-state index < -0.39 is 0 Å². The van der Waals surface area contributed by atoms with E-state index in [4.69, 9.17) is 5.73 Å². The summed E-state index contributed by atoms with van der Waals surface area (Å²) in [5.41, 5.74) is 7.31. The average molecular weight is 344 g/mol. The number of rotatable bonds is 2. The first-order chi connectivity index (χ1) is 10.1. The van der Waals surface area contributed by atoms with Gasteiger partial charge < -0.3 is 5.73 Å². The van der Waals surface area contributed by atoms with Crippen molar-refractivity contribution in [2.75, 3.05) is 0 Å². The lowest BCUT2D eigenvalue weighted by Gasteiger charge is -2.16. The third-order valence-electron chi connectivity index (χ3n) is 3.29. The van der Waals surface area contributed by atoms with Gasteiger partial charge in [0.15, 0.2) is 0 Å². The van der Waals surface area contributed by atoms with Crippen molar-refractivity contribution in [1.82, 2.24) is 9.55 Å². The van der Waals surface area contributed by atoms with Gasteiger partial charge in [-0.1, -0.05) is 24.3 Å². The van der Waals surface area contributed by atoms with E-state index in [1.807, 2.05) is 55.5 Å². The van der Waals surface area contributed by atoms with E-state index in [1.165, 1.54) is 0 Å². The zero-order valence-corrected chi connectivity index (χ0v) is 13.0. The topological polar surface area (TPSA) is 60.9 Å². The van der Waals surface area contributed by atoms with Gasteiger partial charge in [-0.05, 0) is 47.1 Å². The van der Waals surface area contributed by atoms with Crippen LogP contribution in [-0.4, -0.2) is 9.55 Å². The lowest BCUT2D eigenvalue weighted by Crippen LogP contribution is -2.27. The molecule has 0 radical (unpaired) electrons. The molecule has 1 heterocycles. The Morgan fingerprint density at radius 2 is 1.86 bits per heavy atom. The second-order valence-corrected chi connectivity index (χ2v) is 5.72. The normalized spacial score (nSPS) is 12.5. The fourth-order valence-electron chi connectivity index (χ4n) is 2.34. The molecule has 0 aliphatic heterocycles. The van der Waals surface area contributed by atoms with Gasteiger partial charge in [0.2, 0.25) is 0 Å². The molecular formula is C16H14BrN3O. The maximum atomic E-state index is 12.9. The number of aromatic nitrogens is 2. The van der Waals surface area contributed by atoms with E-state index >= 15 is 0 Å². The molecule has 2 N–H and O–H groups in total. The highest BCUT2D eigenvalue weighted by Crippen LogP contribution is 2.22. The maximum absolute atomic E-state index is 12.9. The Hall–Kier alpha value is -1.98. The molecule has 5 heteroatoms. The van der Waals surface area contributed by atoms with Crippen molar-refractivity contribution in [3.8, 4) is 5.69 Å². The molecule has 0 aliphatic rings. The number of para-hydroxylation sites is 1. The van der Waals surface area contributed by atoms with Gasteiger partial charge in [-0.3, -0.25) is 9.36 Å².